The lowest BCUT2D eigenvalue weighted by atomic mass is 10.3. The molecule has 0 aliphatic rings. The molecule has 0 saturated carbocycles. The van der Waals surface area contributed by atoms with Crippen LogP contribution < -0.4 is 11.1 Å². The molecule has 0 spiro atoms. The first-order chi connectivity index (χ1) is 9.20. The number of ether oxygens (including phenoxy) is 1. The standard InChI is InChI=1S/C12H19N5OS/c1-17(6-7-18-2)5-4-14-10-9-3-8-19-11(9)16-12(13)15-10/h3,8H,4-7H2,1-2H3,(H3,13,14,15,16). The summed E-state index contributed by atoms with van der Waals surface area (Å²) in [5.41, 5.74) is 5.70. The van der Waals surface area contributed by atoms with Crippen molar-refractivity contribution < 1.29 is 4.74 Å². The van der Waals surface area contributed by atoms with E-state index >= 15 is 0 Å². The van der Waals surface area contributed by atoms with Crippen molar-refractivity contribution >= 4 is 33.3 Å². The maximum atomic E-state index is 5.70. The number of methoxy groups -OCH3 is 1. The molecule has 0 aliphatic carbocycles. The number of fused-ring (bicyclic) bond motifs is 1. The molecular weight excluding hydrogens is 262 g/mol. The molecule has 2 aromatic rings. The van der Waals surface area contributed by atoms with Crippen molar-refractivity contribution in [1.29, 1.82) is 0 Å². The lowest BCUT2D eigenvalue weighted by Gasteiger charge is -2.16. The van der Waals surface area contributed by atoms with Crippen LogP contribution in [0.5, 0.6) is 0 Å². The minimum atomic E-state index is 0.310. The lowest BCUT2D eigenvalue weighted by Crippen LogP contribution is -2.28. The van der Waals surface area contributed by atoms with E-state index in [9.17, 15) is 0 Å². The fraction of sp³-hybridized carbons (Fsp3) is 0.500. The highest BCUT2D eigenvalue weighted by atomic mass is 32.1. The van der Waals surface area contributed by atoms with Gasteiger partial charge in [-0.1, -0.05) is 0 Å². The molecule has 7 heteroatoms. The molecular formula is C12H19N5OS. The number of hydrogen-bond donors (Lipinski definition) is 2. The number of rotatable bonds is 7. The van der Waals surface area contributed by atoms with Gasteiger partial charge in [-0.3, -0.25) is 0 Å². The third-order valence-electron chi connectivity index (χ3n) is 2.81. The second-order valence-electron chi connectivity index (χ2n) is 4.29. The Morgan fingerprint density at radius 2 is 2.26 bits per heavy atom. The van der Waals surface area contributed by atoms with Gasteiger partial charge in [0.15, 0.2) is 0 Å². The largest absolute Gasteiger partial charge is 0.383 e. The Balaban J connectivity index is 1.92. The molecule has 6 nitrogen and oxygen atoms in total. The number of nitrogen functional groups attached to an aromatic ring is 1. The summed E-state index contributed by atoms with van der Waals surface area (Å²) in [5, 5.41) is 6.34. The summed E-state index contributed by atoms with van der Waals surface area (Å²) < 4.78 is 5.04. The van der Waals surface area contributed by atoms with E-state index < -0.39 is 0 Å². The summed E-state index contributed by atoms with van der Waals surface area (Å²) in [5.74, 6) is 1.12. The summed E-state index contributed by atoms with van der Waals surface area (Å²) in [7, 11) is 3.78. The summed E-state index contributed by atoms with van der Waals surface area (Å²) in [6.07, 6.45) is 0. The molecule has 0 aliphatic heterocycles. The van der Waals surface area contributed by atoms with Crippen LogP contribution in [-0.2, 0) is 4.74 Å². The van der Waals surface area contributed by atoms with Crippen LogP contribution in [0.3, 0.4) is 0 Å². The van der Waals surface area contributed by atoms with Crippen molar-refractivity contribution in [2.45, 2.75) is 0 Å². The van der Waals surface area contributed by atoms with Crippen LogP contribution >= 0.6 is 11.3 Å². The van der Waals surface area contributed by atoms with E-state index in [4.69, 9.17) is 10.5 Å². The van der Waals surface area contributed by atoms with Gasteiger partial charge in [-0.2, -0.15) is 4.98 Å². The molecule has 0 radical (unpaired) electrons. The molecule has 0 aromatic carbocycles. The van der Waals surface area contributed by atoms with Gasteiger partial charge in [0.25, 0.3) is 0 Å². The van der Waals surface area contributed by atoms with Crippen LogP contribution in [0.2, 0.25) is 0 Å². The zero-order valence-electron chi connectivity index (χ0n) is 11.2. The minimum Gasteiger partial charge on any atom is -0.383 e. The number of likely N-dealkylation sites (N-methyl/N-ethyl adjacent to an activating group) is 1. The monoisotopic (exact) mass is 281 g/mol. The van der Waals surface area contributed by atoms with Crippen molar-refractivity contribution in [1.82, 2.24) is 14.9 Å². The summed E-state index contributed by atoms with van der Waals surface area (Å²) in [4.78, 5) is 11.6. The topological polar surface area (TPSA) is 76.3 Å². The number of nitrogens with zero attached hydrogens (tertiary/aromatic N) is 3. The summed E-state index contributed by atoms with van der Waals surface area (Å²) in [6.45, 7) is 3.38. The molecule has 104 valence electrons. The number of anilines is 2. The van der Waals surface area contributed by atoms with E-state index in [1.54, 1.807) is 18.4 Å². The van der Waals surface area contributed by atoms with Gasteiger partial charge in [-0.25, -0.2) is 4.98 Å². The van der Waals surface area contributed by atoms with E-state index in [-0.39, 0.29) is 0 Å². The second kappa shape index (κ2) is 6.65. The molecule has 0 atom stereocenters. The number of hydrogen-bond acceptors (Lipinski definition) is 7. The normalized spacial score (nSPS) is 11.3. The number of thiophene rings is 1. The predicted octanol–water partition coefficient (Wildman–Crippen LogP) is 1.26. The maximum absolute atomic E-state index is 5.70. The molecule has 0 unspecified atom stereocenters. The predicted molar refractivity (Wildman–Crippen MR) is 79.7 cm³/mol. The van der Waals surface area contributed by atoms with Gasteiger partial charge >= 0.3 is 0 Å². The fourth-order valence-corrected chi connectivity index (χ4v) is 2.50. The molecule has 2 aromatic heterocycles. The van der Waals surface area contributed by atoms with Crippen molar-refractivity contribution in [2.75, 3.05) is 51.4 Å². The fourth-order valence-electron chi connectivity index (χ4n) is 1.73. The Morgan fingerprint density at radius 1 is 1.42 bits per heavy atom. The van der Waals surface area contributed by atoms with Crippen molar-refractivity contribution in [3.63, 3.8) is 0 Å². The van der Waals surface area contributed by atoms with Crippen LogP contribution in [0.15, 0.2) is 11.4 Å². The van der Waals surface area contributed by atoms with Gasteiger partial charge in [-0.05, 0) is 18.5 Å². The minimum absolute atomic E-state index is 0.310. The molecule has 3 N–H and O–H groups in total. The Hall–Kier alpha value is -1.44. The average Bonchev–Trinajstić information content (AvgIpc) is 2.84. The molecule has 0 saturated heterocycles. The van der Waals surface area contributed by atoms with E-state index in [0.717, 1.165) is 42.3 Å². The third-order valence-corrected chi connectivity index (χ3v) is 3.61. The first kappa shape index (κ1) is 14.0. The lowest BCUT2D eigenvalue weighted by molar-refractivity contribution is 0.163. The molecule has 19 heavy (non-hydrogen) atoms. The molecule has 2 heterocycles. The Labute approximate surface area is 116 Å². The highest BCUT2D eigenvalue weighted by molar-refractivity contribution is 7.16. The Bertz CT molecular complexity index is 530. The van der Waals surface area contributed by atoms with Crippen LogP contribution in [0, 0.1) is 0 Å². The third kappa shape index (κ3) is 3.76. The Kier molecular flexibility index (Phi) is 4.89. The molecule has 0 amide bonds. The van der Waals surface area contributed by atoms with E-state index in [1.165, 1.54) is 0 Å². The SMILES string of the molecule is COCCN(C)CCNc1nc(N)nc2sccc12. The first-order valence-electron chi connectivity index (χ1n) is 6.13. The Morgan fingerprint density at radius 3 is 3.05 bits per heavy atom. The van der Waals surface area contributed by atoms with Crippen LogP contribution in [0.25, 0.3) is 10.2 Å². The molecule has 0 fully saturated rings. The van der Waals surface area contributed by atoms with Crippen molar-refractivity contribution in [3.05, 3.63) is 11.4 Å². The summed E-state index contributed by atoms with van der Waals surface area (Å²) in [6, 6.07) is 2.01. The zero-order chi connectivity index (χ0) is 13.7. The second-order valence-corrected chi connectivity index (χ2v) is 5.19. The quantitative estimate of drug-likeness (QED) is 0.796. The number of nitrogens with one attached hydrogen (secondary N) is 1. The van der Waals surface area contributed by atoms with Gasteiger partial charge in [0, 0.05) is 26.7 Å². The van der Waals surface area contributed by atoms with E-state index in [0.29, 0.717) is 5.95 Å². The van der Waals surface area contributed by atoms with Crippen LogP contribution in [0.4, 0.5) is 11.8 Å². The average molecular weight is 281 g/mol. The highest BCUT2D eigenvalue weighted by Gasteiger charge is 2.07. The van der Waals surface area contributed by atoms with Gasteiger partial charge in [0.05, 0.1) is 12.0 Å². The van der Waals surface area contributed by atoms with E-state index in [1.807, 2.05) is 11.4 Å². The highest BCUT2D eigenvalue weighted by Crippen LogP contribution is 2.25. The maximum Gasteiger partial charge on any atom is 0.223 e. The number of nitrogens with two attached hydrogens (primary N) is 1. The van der Waals surface area contributed by atoms with Gasteiger partial charge in [-0.15, -0.1) is 11.3 Å². The van der Waals surface area contributed by atoms with Gasteiger partial charge in [0.2, 0.25) is 5.95 Å². The summed E-state index contributed by atoms with van der Waals surface area (Å²) >= 11 is 1.57. The van der Waals surface area contributed by atoms with E-state index in [2.05, 4.69) is 27.2 Å². The first-order valence-corrected chi connectivity index (χ1v) is 7.00. The van der Waals surface area contributed by atoms with Gasteiger partial charge < -0.3 is 20.7 Å². The van der Waals surface area contributed by atoms with Crippen molar-refractivity contribution in [2.24, 2.45) is 0 Å². The van der Waals surface area contributed by atoms with Gasteiger partial charge in [0.1, 0.15) is 10.6 Å². The molecule has 0 bridgehead atoms. The zero-order valence-corrected chi connectivity index (χ0v) is 12.0. The van der Waals surface area contributed by atoms with Crippen LogP contribution in [0.1, 0.15) is 0 Å². The van der Waals surface area contributed by atoms with Crippen molar-refractivity contribution in [3.8, 4) is 0 Å². The van der Waals surface area contributed by atoms with Crippen LogP contribution in [-0.4, -0.2) is 55.3 Å². The number of aromatic nitrogens is 2. The molecule has 2 rings (SSSR count). The smallest absolute Gasteiger partial charge is 0.223 e.